The number of ether oxygens (including phenoxy) is 2. The molecule has 0 bridgehead atoms. The smallest absolute Gasteiger partial charge is 0.316 e. The molecule has 0 radical (unpaired) electrons. The van der Waals surface area contributed by atoms with E-state index in [4.69, 9.17) is 13.9 Å². The van der Waals surface area contributed by atoms with E-state index in [1.165, 1.54) is 7.11 Å². The number of benzene rings is 2. The standard InChI is InChI=1S/C18H14BrNO5S/c1-23-15-7-6-11(8-12(15)19)14(21)9-24-17(22)10-26-18-20-13-4-2-3-5-16(13)25-18/h2-8H,9-10H2,1H3. The van der Waals surface area contributed by atoms with Crippen LogP contribution in [0.5, 0.6) is 5.75 Å². The average Bonchev–Trinajstić information content (AvgIpc) is 3.07. The molecular weight excluding hydrogens is 422 g/mol. The number of aromatic nitrogens is 1. The summed E-state index contributed by atoms with van der Waals surface area (Å²) in [6.07, 6.45) is 0. The Balaban J connectivity index is 1.50. The number of hydrogen-bond acceptors (Lipinski definition) is 7. The van der Waals surface area contributed by atoms with Crippen molar-refractivity contribution in [2.45, 2.75) is 5.22 Å². The first-order valence-electron chi connectivity index (χ1n) is 7.57. The van der Waals surface area contributed by atoms with E-state index in [1.54, 1.807) is 24.3 Å². The fourth-order valence-electron chi connectivity index (χ4n) is 2.14. The number of para-hydroxylation sites is 2. The van der Waals surface area contributed by atoms with Gasteiger partial charge >= 0.3 is 5.97 Å². The Morgan fingerprint density at radius 2 is 2.04 bits per heavy atom. The van der Waals surface area contributed by atoms with Gasteiger partial charge < -0.3 is 13.9 Å². The predicted molar refractivity (Wildman–Crippen MR) is 101 cm³/mol. The molecule has 0 aliphatic heterocycles. The number of esters is 1. The number of rotatable bonds is 7. The van der Waals surface area contributed by atoms with E-state index in [9.17, 15) is 9.59 Å². The van der Waals surface area contributed by atoms with Crippen molar-refractivity contribution >= 4 is 50.5 Å². The second-order valence-corrected chi connectivity index (χ2v) is 6.95. The van der Waals surface area contributed by atoms with E-state index in [1.807, 2.05) is 18.2 Å². The number of methoxy groups -OCH3 is 1. The number of carbonyl (C=O) groups is 2. The van der Waals surface area contributed by atoms with Gasteiger partial charge in [0.15, 0.2) is 18.0 Å². The van der Waals surface area contributed by atoms with Gasteiger partial charge in [0.1, 0.15) is 17.0 Å². The highest BCUT2D eigenvalue weighted by atomic mass is 79.9. The number of hydrogen-bond donors (Lipinski definition) is 0. The van der Waals surface area contributed by atoms with Crippen molar-refractivity contribution in [2.24, 2.45) is 0 Å². The lowest BCUT2D eigenvalue weighted by Gasteiger charge is -2.06. The number of carbonyl (C=O) groups excluding carboxylic acids is 2. The molecule has 6 nitrogen and oxygen atoms in total. The number of halogens is 1. The van der Waals surface area contributed by atoms with Gasteiger partial charge in [-0.15, -0.1) is 0 Å². The highest BCUT2D eigenvalue weighted by Gasteiger charge is 2.14. The molecule has 0 spiro atoms. The van der Waals surface area contributed by atoms with Crippen LogP contribution in [0, 0.1) is 0 Å². The molecule has 2 aromatic carbocycles. The topological polar surface area (TPSA) is 78.6 Å². The zero-order valence-electron chi connectivity index (χ0n) is 13.7. The molecule has 0 N–H and O–H groups in total. The Labute approximate surface area is 162 Å². The van der Waals surface area contributed by atoms with Gasteiger partial charge in [0.05, 0.1) is 11.6 Å². The molecule has 3 rings (SSSR count). The summed E-state index contributed by atoms with van der Waals surface area (Å²) in [6.45, 7) is -0.328. The fraction of sp³-hybridized carbons (Fsp3) is 0.167. The van der Waals surface area contributed by atoms with Crippen LogP contribution in [0.3, 0.4) is 0 Å². The molecule has 1 heterocycles. The van der Waals surface area contributed by atoms with Crippen LogP contribution < -0.4 is 4.74 Å². The Bertz CT molecular complexity index is 923. The maximum absolute atomic E-state index is 12.1. The predicted octanol–water partition coefficient (Wildman–Crippen LogP) is 4.12. The number of Topliss-reactive ketones (excluding diaryl/α,β-unsaturated/α-hetero) is 1. The minimum absolute atomic E-state index is 0.00636. The minimum atomic E-state index is -0.516. The number of nitrogens with zero attached hydrogens (tertiary/aromatic N) is 1. The van der Waals surface area contributed by atoms with Crippen molar-refractivity contribution in [1.82, 2.24) is 4.98 Å². The quantitative estimate of drug-likeness (QED) is 0.313. The first kappa shape index (κ1) is 18.5. The first-order chi connectivity index (χ1) is 12.6. The van der Waals surface area contributed by atoms with Gasteiger partial charge in [-0.25, -0.2) is 4.98 Å². The van der Waals surface area contributed by atoms with Crippen molar-refractivity contribution < 1.29 is 23.5 Å². The fourth-order valence-corrected chi connectivity index (χ4v) is 3.32. The summed E-state index contributed by atoms with van der Waals surface area (Å²) in [4.78, 5) is 28.2. The van der Waals surface area contributed by atoms with Crippen molar-refractivity contribution in [3.8, 4) is 5.75 Å². The third kappa shape index (κ3) is 4.44. The molecule has 0 saturated carbocycles. The van der Waals surface area contributed by atoms with E-state index < -0.39 is 5.97 Å². The van der Waals surface area contributed by atoms with Crippen molar-refractivity contribution in [3.63, 3.8) is 0 Å². The van der Waals surface area contributed by atoms with Crippen LogP contribution >= 0.6 is 27.7 Å². The molecule has 0 amide bonds. The Kier molecular flexibility index (Phi) is 5.95. The zero-order chi connectivity index (χ0) is 18.5. The molecule has 1 aromatic heterocycles. The van der Waals surface area contributed by atoms with E-state index in [2.05, 4.69) is 20.9 Å². The maximum Gasteiger partial charge on any atom is 0.316 e. The van der Waals surface area contributed by atoms with Crippen LogP contribution in [0.15, 0.2) is 56.6 Å². The van der Waals surface area contributed by atoms with Gasteiger partial charge in [0, 0.05) is 5.56 Å². The minimum Gasteiger partial charge on any atom is -0.496 e. The molecule has 0 aliphatic rings. The van der Waals surface area contributed by atoms with E-state index in [0.29, 0.717) is 26.6 Å². The molecule has 3 aromatic rings. The van der Waals surface area contributed by atoms with Gasteiger partial charge in [-0.1, -0.05) is 23.9 Å². The van der Waals surface area contributed by atoms with Crippen LogP contribution in [0.4, 0.5) is 0 Å². The Morgan fingerprint density at radius 1 is 1.23 bits per heavy atom. The molecule has 134 valence electrons. The lowest BCUT2D eigenvalue weighted by Crippen LogP contribution is -2.15. The molecule has 26 heavy (non-hydrogen) atoms. The van der Waals surface area contributed by atoms with Gasteiger partial charge in [-0.3, -0.25) is 9.59 Å². The molecular formula is C18H14BrNO5S. The molecule has 0 atom stereocenters. The molecule has 0 fully saturated rings. The number of thioether (sulfide) groups is 1. The largest absolute Gasteiger partial charge is 0.496 e. The third-order valence-electron chi connectivity index (χ3n) is 3.43. The number of oxazole rings is 1. The molecule has 8 heteroatoms. The Hall–Kier alpha value is -2.32. The van der Waals surface area contributed by atoms with Crippen molar-refractivity contribution in [3.05, 3.63) is 52.5 Å². The van der Waals surface area contributed by atoms with Crippen molar-refractivity contribution in [1.29, 1.82) is 0 Å². The second kappa shape index (κ2) is 8.37. The van der Waals surface area contributed by atoms with Crippen molar-refractivity contribution in [2.75, 3.05) is 19.5 Å². The van der Waals surface area contributed by atoms with Crippen LogP contribution in [-0.2, 0) is 9.53 Å². The summed E-state index contributed by atoms with van der Waals surface area (Å²) in [7, 11) is 1.54. The molecule has 0 aliphatic carbocycles. The normalized spacial score (nSPS) is 10.7. The highest BCUT2D eigenvalue weighted by Crippen LogP contribution is 2.26. The van der Waals surface area contributed by atoms with E-state index in [0.717, 1.165) is 17.3 Å². The summed E-state index contributed by atoms with van der Waals surface area (Å²) < 4.78 is 16.3. The van der Waals surface area contributed by atoms with E-state index in [-0.39, 0.29) is 18.1 Å². The van der Waals surface area contributed by atoms with Gasteiger partial charge in [0.25, 0.3) is 5.22 Å². The highest BCUT2D eigenvalue weighted by molar-refractivity contribution is 9.10. The van der Waals surface area contributed by atoms with Crippen LogP contribution in [0.25, 0.3) is 11.1 Å². The summed E-state index contributed by atoms with van der Waals surface area (Å²) in [5.41, 5.74) is 1.81. The van der Waals surface area contributed by atoms with Gasteiger partial charge in [0.2, 0.25) is 0 Å². The summed E-state index contributed by atoms with van der Waals surface area (Å²) >= 11 is 4.44. The Morgan fingerprint density at radius 3 is 2.77 bits per heavy atom. The van der Waals surface area contributed by atoms with Crippen LogP contribution in [0.1, 0.15) is 10.4 Å². The zero-order valence-corrected chi connectivity index (χ0v) is 16.1. The van der Waals surface area contributed by atoms with Gasteiger partial charge in [-0.2, -0.15) is 0 Å². The lowest BCUT2D eigenvalue weighted by atomic mass is 10.1. The summed E-state index contributed by atoms with van der Waals surface area (Å²) in [5, 5.41) is 0.383. The van der Waals surface area contributed by atoms with Crippen LogP contribution in [0.2, 0.25) is 0 Å². The molecule has 0 unspecified atom stereocenters. The number of ketones is 1. The summed E-state index contributed by atoms with van der Waals surface area (Å²) in [5.74, 6) is -0.188. The average molecular weight is 436 g/mol. The third-order valence-corrected chi connectivity index (χ3v) is 4.85. The summed E-state index contributed by atoms with van der Waals surface area (Å²) in [6, 6.07) is 12.2. The lowest BCUT2D eigenvalue weighted by molar-refractivity contribution is -0.139. The van der Waals surface area contributed by atoms with E-state index >= 15 is 0 Å². The van der Waals surface area contributed by atoms with Crippen LogP contribution in [-0.4, -0.2) is 36.2 Å². The SMILES string of the molecule is COc1ccc(C(=O)COC(=O)CSc2nc3ccccc3o2)cc1Br. The maximum atomic E-state index is 12.1. The molecule has 0 saturated heterocycles. The number of fused-ring (bicyclic) bond motifs is 1. The first-order valence-corrected chi connectivity index (χ1v) is 9.35. The second-order valence-electron chi connectivity index (χ2n) is 5.17. The van der Waals surface area contributed by atoms with Gasteiger partial charge in [-0.05, 0) is 46.3 Å². The monoisotopic (exact) mass is 435 g/mol.